The molecule has 2 aromatic rings. The van der Waals surface area contributed by atoms with Crippen molar-refractivity contribution in [2.24, 2.45) is 5.92 Å². The summed E-state index contributed by atoms with van der Waals surface area (Å²) >= 11 is 0. The van der Waals surface area contributed by atoms with Gasteiger partial charge >= 0.3 is 5.97 Å². The average Bonchev–Trinajstić information content (AvgIpc) is 3.37. The van der Waals surface area contributed by atoms with E-state index in [1.807, 2.05) is 0 Å². The normalized spacial score (nSPS) is 18.6. The number of rotatable bonds is 6. The number of halogens is 2. The van der Waals surface area contributed by atoms with Crippen molar-refractivity contribution in [2.75, 3.05) is 5.32 Å². The van der Waals surface area contributed by atoms with Crippen LogP contribution in [0.1, 0.15) is 29.9 Å². The van der Waals surface area contributed by atoms with E-state index in [1.165, 1.54) is 6.07 Å². The van der Waals surface area contributed by atoms with Gasteiger partial charge < -0.3 is 10.4 Å². The van der Waals surface area contributed by atoms with Crippen molar-refractivity contribution < 1.29 is 23.5 Å². The third kappa shape index (κ3) is 4.21. The van der Waals surface area contributed by atoms with Crippen LogP contribution in [0, 0.1) is 17.6 Å². The fraction of sp³-hybridized carbons (Fsp3) is 0.263. The molecule has 1 amide bonds. The predicted molar refractivity (Wildman–Crippen MR) is 88.2 cm³/mol. The van der Waals surface area contributed by atoms with E-state index in [9.17, 15) is 18.4 Å². The van der Waals surface area contributed by atoms with E-state index in [1.54, 1.807) is 24.3 Å². The number of nitrogens with one attached hydrogen (secondary N) is 1. The first kappa shape index (κ1) is 17.1. The summed E-state index contributed by atoms with van der Waals surface area (Å²) in [5, 5.41) is 11.5. The van der Waals surface area contributed by atoms with Crippen LogP contribution in [0.25, 0.3) is 0 Å². The lowest BCUT2D eigenvalue weighted by Gasteiger charge is -2.07. The molecular formula is C19H17F2NO3. The number of carbonyl (C=O) groups is 2. The van der Waals surface area contributed by atoms with Crippen LogP contribution in [0.5, 0.6) is 0 Å². The number of carbonyl (C=O) groups excluding carboxylic acids is 1. The van der Waals surface area contributed by atoms with E-state index in [0.717, 1.165) is 17.7 Å². The molecule has 2 aromatic carbocycles. The van der Waals surface area contributed by atoms with E-state index in [2.05, 4.69) is 5.32 Å². The molecule has 0 spiro atoms. The molecule has 6 heteroatoms. The molecule has 1 fully saturated rings. The van der Waals surface area contributed by atoms with Gasteiger partial charge in [0.2, 0.25) is 5.91 Å². The number of amides is 1. The summed E-state index contributed by atoms with van der Waals surface area (Å²) < 4.78 is 26.3. The molecule has 25 heavy (non-hydrogen) atoms. The monoisotopic (exact) mass is 345 g/mol. The summed E-state index contributed by atoms with van der Waals surface area (Å²) in [6.07, 6.45) is 1.01. The fourth-order valence-electron chi connectivity index (χ4n) is 2.89. The first-order valence-corrected chi connectivity index (χ1v) is 8.00. The first-order chi connectivity index (χ1) is 11.9. The third-order valence-electron chi connectivity index (χ3n) is 4.32. The molecule has 1 saturated carbocycles. The van der Waals surface area contributed by atoms with E-state index < -0.39 is 17.6 Å². The molecule has 0 bridgehead atoms. The van der Waals surface area contributed by atoms with Crippen LogP contribution in [0.2, 0.25) is 0 Å². The van der Waals surface area contributed by atoms with E-state index in [0.29, 0.717) is 24.1 Å². The number of aliphatic carboxylic acids is 1. The number of hydrogen-bond donors (Lipinski definition) is 2. The third-order valence-corrected chi connectivity index (χ3v) is 4.32. The predicted octanol–water partition coefficient (Wildman–Crippen LogP) is 3.72. The summed E-state index contributed by atoms with van der Waals surface area (Å²) in [5.74, 6) is -3.23. The second kappa shape index (κ2) is 7.01. The van der Waals surface area contributed by atoms with Crippen LogP contribution in [-0.2, 0) is 16.0 Å². The molecular weight excluding hydrogens is 328 g/mol. The standard InChI is InChI=1S/C19H17F2NO3/c20-16-6-5-12(9-17(16)21)14-10-15(14)19(25)22-13-3-1-2-11(8-13)4-7-18(23)24/h1-3,5-6,8-9,14-15H,4,7,10H2,(H,22,25)(H,23,24). The molecule has 0 heterocycles. The minimum absolute atomic E-state index is 0.0260. The Labute approximate surface area is 143 Å². The highest BCUT2D eigenvalue weighted by Gasteiger charge is 2.44. The van der Waals surface area contributed by atoms with Crippen LogP contribution in [0.3, 0.4) is 0 Å². The van der Waals surface area contributed by atoms with Crippen molar-refractivity contribution in [3.8, 4) is 0 Å². The number of hydrogen-bond acceptors (Lipinski definition) is 2. The van der Waals surface area contributed by atoms with Gasteiger partial charge in [0.1, 0.15) is 0 Å². The van der Waals surface area contributed by atoms with Gasteiger partial charge in [-0.2, -0.15) is 0 Å². The second-order valence-corrected chi connectivity index (χ2v) is 6.21. The number of anilines is 1. The number of carboxylic acid groups (broad SMARTS) is 1. The zero-order chi connectivity index (χ0) is 18.0. The molecule has 130 valence electrons. The lowest BCUT2D eigenvalue weighted by Crippen LogP contribution is -2.14. The maximum Gasteiger partial charge on any atom is 0.303 e. The van der Waals surface area contributed by atoms with Crippen LogP contribution < -0.4 is 5.32 Å². The van der Waals surface area contributed by atoms with Crippen molar-refractivity contribution in [1.29, 1.82) is 0 Å². The summed E-state index contributed by atoms with van der Waals surface area (Å²) in [7, 11) is 0. The van der Waals surface area contributed by atoms with Gasteiger partial charge in [-0.1, -0.05) is 18.2 Å². The summed E-state index contributed by atoms with van der Waals surface area (Å²) in [6.45, 7) is 0. The van der Waals surface area contributed by atoms with Crippen LogP contribution in [-0.4, -0.2) is 17.0 Å². The van der Waals surface area contributed by atoms with Gasteiger partial charge in [-0.25, -0.2) is 8.78 Å². The Bertz CT molecular complexity index is 822. The van der Waals surface area contributed by atoms with Gasteiger partial charge in [0.25, 0.3) is 0 Å². The number of aryl methyl sites for hydroxylation is 1. The van der Waals surface area contributed by atoms with E-state index in [-0.39, 0.29) is 24.2 Å². The Morgan fingerprint density at radius 2 is 1.92 bits per heavy atom. The Morgan fingerprint density at radius 1 is 1.12 bits per heavy atom. The van der Waals surface area contributed by atoms with Gasteiger partial charge in [0, 0.05) is 18.0 Å². The molecule has 1 aliphatic rings. The van der Waals surface area contributed by atoms with Gasteiger partial charge in [-0.15, -0.1) is 0 Å². The van der Waals surface area contributed by atoms with Crippen molar-refractivity contribution in [3.63, 3.8) is 0 Å². The molecule has 0 aliphatic heterocycles. The quantitative estimate of drug-likeness (QED) is 0.838. The summed E-state index contributed by atoms with van der Waals surface area (Å²) in [6, 6.07) is 10.8. The van der Waals surface area contributed by atoms with E-state index in [4.69, 9.17) is 5.11 Å². The lowest BCUT2D eigenvalue weighted by molar-refractivity contribution is -0.137. The first-order valence-electron chi connectivity index (χ1n) is 8.00. The number of carboxylic acids is 1. The molecule has 3 rings (SSSR count). The zero-order valence-corrected chi connectivity index (χ0v) is 13.3. The molecule has 0 radical (unpaired) electrons. The van der Waals surface area contributed by atoms with E-state index >= 15 is 0 Å². The molecule has 2 unspecified atom stereocenters. The van der Waals surface area contributed by atoms with Gasteiger partial charge in [0.15, 0.2) is 11.6 Å². The van der Waals surface area contributed by atoms with Crippen molar-refractivity contribution >= 4 is 17.6 Å². The van der Waals surface area contributed by atoms with Crippen LogP contribution in [0.15, 0.2) is 42.5 Å². The molecule has 2 N–H and O–H groups in total. The minimum Gasteiger partial charge on any atom is -0.481 e. The highest BCUT2D eigenvalue weighted by Crippen LogP contribution is 2.48. The smallest absolute Gasteiger partial charge is 0.303 e. The van der Waals surface area contributed by atoms with Gasteiger partial charge in [-0.3, -0.25) is 9.59 Å². The van der Waals surface area contributed by atoms with Crippen molar-refractivity contribution in [2.45, 2.75) is 25.2 Å². The fourth-order valence-corrected chi connectivity index (χ4v) is 2.89. The van der Waals surface area contributed by atoms with Gasteiger partial charge in [0.05, 0.1) is 0 Å². The Balaban J connectivity index is 1.61. The van der Waals surface area contributed by atoms with Crippen molar-refractivity contribution in [3.05, 3.63) is 65.2 Å². The molecule has 1 aliphatic carbocycles. The molecule has 2 atom stereocenters. The highest BCUT2D eigenvalue weighted by molar-refractivity contribution is 5.95. The van der Waals surface area contributed by atoms with Gasteiger partial charge in [-0.05, 0) is 54.2 Å². The molecule has 0 saturated heterocycles. The van der Waals surface area contributed by atoms with Crippen molar-refractivity contribution in [1.82, 2.24) is 0 Å². The molecule has 0 aromatic heterocycles. The maximum atomic E-state index is 13.3. The maximum absolute atomic E-state index is 13.3. The molecule has 4 nitrogen and oxygen atoms in total. The summed E-state index contributed by atoms with van der Waals surface area (Å²) in [4.78, 5) is 22.9. The lowest BCUT2D eigenvalue weighted by atomic mass is 10.1. The minimum atomic E-state index is -0.908. The summed E-state index contributed by atoms with van der Waals surface area (Å²) in [5.41, 5.74) is 2.05. The second-order valence-electron chi connectivity index (χ2n) is 6.21. The van der Waals surface area contributed by atoms with Crippen LogP contribution >= 0.6 is 0 Å². The zero-order valence-electron chi connectivity index (χ0n) is 13.3. The highest BCUT2D eigenvalue weighted by atomic mass is 19.2. The topological polar surface area (TPSA) is 66.4 Å². The Morgan fingerprint density at radius 3 is 2.64 bits per heavy atom. The Hall–Kier alpha value is -2.76. The number of benzene rings is 2. The average molecular weight is 345 g/mol. The largest absolute Gasteiger partial charge is 0.481 e. The van der Waals surface area contributed by atoms with Crippen LogP contribution in [0.4, 0.5) is 14.5 Å². The Kier molecular flexibility index (Phi) is 4.79. The SMILES string of the molecule is O=C(O)CCc1cccc(NC(=O)C2CC2c2ccc(F)c(F)c2)c1.